The third-order valence-electron chi connectivity index (χ3n) is 5.06. The molecule has 0 aliphatic carbocycles. The van der Waals surface area contributed by atoms with Gasteiger partial charge in [0.25, 0.3) is 11.8 Å². The third-order valence-corrected chi connectivity index (χ3v) is 5.31. The topological polar surface area (TPSA) is 100 Å². The molecule has 0 bridgehead atoms. The largest absolute Gasteiger partial charge is 0.376 e. The highest BCUT2D eigenvalue weighted by Crippen LogP contribution is 2.21. The number of nitrogens with one attached hydrogen (secondary N) is 2. The molecular weight excluding hydrogens is 468 g/mol. The molecule has 1 saturated heterocycles. The molecule has 176 valence electrons. The fraction of sp³-hybridized carbons (Fsp3) is 0.0769. The van der Waals surface area contributed by atoms with Gasteiger partial charge in [0.2, 0.25) is 0 Å². The lowest BCUT2D eigenvalue weighted by Crippen LogP contribution is -2.34. The number of benzene rings is 3. The number of hydrazine groups is 1. The average molecular weight is 489 g/mol. The molecule has 1 aliphatic rings. The lowest BCUT2D eigenvalue weighted by molar-refractivity contribution is -0.140. The molecule has 2 N–H and O–H groups in total. The number of hydrogen-bond acceptors (Lipinski definition) is 6. The van der Waals surface area contributed by atoms with Crippen LogP contribution in [0.3, 0.4) is 0 Å². The number of rotatable bonds is 7. The van der Waals surface area contributed by atoms with Crippen molar-refractivity contribution in [3.05, 3.63) is 113 Å². The van der Waals surface area contributed by atoms with Crippen LogP contribution in [0.25, 0.3) is 0 Å². The van der Waals surface area contributed by atoms with Crippen LogP contribution >= 0.6 is 11.6 Å². The van der Waals surface area contributed by atoms with Gasteiger partial charge in [-0.05, 0) is 48.4 Å². The second kappa shape index (κ2) is 11.2. The number of aliphatic imine (C=N–C) groups is 1. The minimum Gasteiger partial charge on any atom is -0.350 e. The number of para-hydroxylation sites is 1. The van der Waals surface area contributed by atoms with Gasteiger partial charge >= 0.3 is 5.97 Å². The zero-order valence-electron chi connectivity index (χ0n) is 18.5. The lowest BCUT2D eigenvalue weighted by atomic mass is 10.1. The van der Waals surface area contributed by atoms with Crippen molar-refractivity contribution in [2.24, 2.45) is 4.99 Å². The number of anilines is 1. The Labute approximate surface area is 206 Å². The molecule has 8 nitrogen and oxygen atoms in total. The van der Waals surface area contributed by atoms with E-state index in [0.29, 0.717) is 22.7 Å². The molecule has 2 amide bonds. The molecule has 1 aliphatic heterocycles. The third kappa shape index (κ3) is 6.20. The zero-order valence-corrected chi connectivity index (χ0v) is 19.2. The molecule has 1 fully saturated rings. The molecule has 3 aromatic rings. The maximum absolute atomic E-state index is 13.0. The maximum Gasteiger partial charge on any atom is 0.376 e. The molecule has 0 aromatic heterocycles. The monoisotopic (exact) mass is 488 g/mol. The van der Waals surface area contributed by atoms with Gasteiger partial charge in [-0.25, -0.2) is 14.8 Å². The van der Waals surface area contributed by atoms with Gasteiger partial charge in [-0.3, -0.25) is 9.59 Å². The predicted octanol–water partition coefficient (Wildman–Crippen LogP) is 3.65. The Bertz CT molecular complexity index is 1280. The van der Waals surface area contributed by atoms with Crippen LogP contribution in [-0.4, -0.2) is 30.0 Å². The van der Waals surface area contributed by atoms with Crippen LogP contribution in [0.2, 0.25) is 5.02 Å². The highest BCUT2D eigenvalue weighted by Gasteiger charge is 2.30. The highest BCUT2D eigenvalue weighted by atomic mass is 35.5. The summed E-state index contributed by atoms with van der Waals surface area (Å²) in [6, 6.07) is 24.5. The number of carbonyl (C=O) groups is 3. The Morgan fingerprint density at radius 3 is 2.31 bits per heavy atom. The summed E-state index contributed by atoms with van der Waals surface area (Å²) in [5.41, 5.74) is 4.16. The van der Waals surface area contributed by atoms with Crippen molar-refractivity contribution in [3.8, 4) is 0 Å². The SMILES string of the molecule is O=C(NCCc1ccc(Cl)cc1)C(/C=C1\C(=O)ONN1c1ccccc1)=NC(=O)c1ccccc1. The predicted molar refractivity (Wildman–Crippen MR) is 133 cm³/mol. The van der Waals surface area contributed by atoms with E-state index >= 15 is 0 Å². The Hall–Kier alpha value is -4.27. The number of amides is 2. The summed E-state index contributed by atoms with van der Waals surface area (Å²) in [6.07, 6.45) is 1.77. The molecular formula is C26H21ClN4O4. The van der Waals surface area contributed by atoms with E-state index in [-0.39, 0.29) is 18.0 Å². The standard InChI is InChI=1S/C26H21ClN4O4/c27-20-13-11-18(12-14-20)15-16-28-25(33)22(29-24(32)19-7-3-1-4-8-19)17-23-26(34)35-30-31(23)21-9-5-2-6-10-21/h1-14,17,30H,15-16H2,(H,28,33)/b23-17+,29-22?. The first-order valence-electron chi connectivity index (χ1n) is 10.8. The van der Waals surface area contributed by atoms with Crippen molar-refractivity contribution in [1.82, 2.24) is 10.9 Å². The molecule has 1 heterocycles. The number of nitrogens with zero attached hydrogens (tertiary/aromatic N) is 2. The van der Waals surface area contributed by atoms with Crippen LogP contribution in [0.4, 0.5) is 5.69 Å². The summed E-state index contributed by atoms with van der Waals surface area (Å²) >= 11 is 5.91. The van der Waals surface area contributed by atoms with Gasteiger partial charge in [-0.15, -0.1) is 0 Å². The second-order valence-corrected chi connectivity index (χ2v) is 7.92. The van der Waals surface area contributed by atoms with E-state index < -0.39 is 17.8 Å². The van der Waals surface area contributed by atoms with E-state index in [2.05, 4.69) is 15.9 Å². The molecule has 3 aromatic carbocycles. The van der Waals surface area contributed by atoms with Crippen LogP contribution in [-0.2, 0) is 20.8 Å². The minimum atomic E-state index is -0.720. The van der Waals surface area contributed by atoms with Crippen molar-refractivity contribution >= 4 is 40.8 Å². The van der Waals surface area contributed by atoms with Crippen molar-refractivity contribution < 1.29 is 19.2 Å². The molecule has 0 spiro atoms. The molecule has 35 heavy (non-hydrogen) atoms. The summed E-state index contributed by atoms with van der Waals surface area (Å²) in [7, 11) is 0. The first kappa shape index (κ1) is 23.9. The quantitative estimate of drug-likeness (QED) is 0.389. The molecule has 0 saturated carbocycles. The molecule has 0 unspecified atom stereocenters. The van der Waals surface area contributed by atoms with Gasteiger partial charge in [0.05, 0.1) is 5.69 Å². The van der Waals surface area contributed by atoms with E-state index in [4.69, 9.17) is 16.4 Å². The smallest absolute Gasteiger partial charge is 0.350 e. The fourth-order valence-corrected chi connectivity index (χ4v) is 3.39. The summed E-state index contributed by atoms with van der Waals surface area (Å²) in [5, 5.41) is 4.75. The van der Waals surface area contributed by atoms with E-state index in [9.17, 15) is 14.4 Å². The average Bonchev–Trinajstić information content (AvgIpc) is 3.25. The molecule has 9 heteroatoms. The van der Waals surface area contributed by atoms with E-state index in [1.807, 2.05) is 18.2 Å². The van der Waals surface area contributed by atoms with Crippen LogP contribution in [0.5, 0.6) is 0 Å². The molecule has 0 radical (unpaired) electrons. The first-order valence-corrected chi connectivity index (χ1v) is 11.1. The Balaban J connectivity index is 1.60. The van der Waals surface area contributed by atoms with Gasteiger partial charge in [0.1, 0.15) is 5.71 Å². The highest BCUT2D eigenvalue weighted by molar-refractivity contribution is 6.45. The maximum atomic E-state index is 13.0. The minimum absolute atomic E-state index is 0.00339. The van der Waals surface area contributed by atoms with Gasteiger partial charge in [-0.2, -0.15) is 0 Å². The van der Waals surface area contributed by atoms with Crippen LogP contribution in [0.15, 0.2) is 102 Å². The summed E-state index contributed by atoms with van der Waals surface area (Å²) in [6.45, 7) is 0.285. The lowest BCUT2D eigenvalue weighted by Gasteiger charge is -2.15. The van der Waals surface area contributed by atoms with Crippen LogP contribution in [0.1, 0.15) is 15.9 Å². The number of halogens is 1. The van der Waals surface area contributed by atoms with Crippen molar-refractivity contribution in [1.29, 1.82) is 0 Å². The van der Waals surface area contributed by atoms with Gasteiger partial charge in [0.15, 0.2) is 5.70 Å². The van der Waals surface area contributed by atoms with Crippen molar-refractivity contribution in [2.45, 2.75) is 6.42 Å². The summed E-state index contributed by atoms with van der Waals surface area (Å²) in [5.74, 6) is -1.94. The Morgan fingerprint density at radius 2 is 1.63 bits per heavy atom. The van der Waals surface area contributed by atoms with E-state index in [0.717, 1.165) is 5.56 Å². The summed E-state index contributed by atoms with van der Waals surface area (Å²) in [4.78, 5) is 47.2. The van der Waals surface area contributed by atoms with Gasteiger partial charge in [0, 0.05) is 23.2 Å². The van der Waals surface area contributed by atoms with Gasteiger partial charge in [-0.1, -0.05) is 65.7 Å². The second-order valence-electron chi connectivity index (χ2n) is 7.48. The molecule has 4 rings (SSSR count). The van der Waals surface area contributed by atoms with E-state index in [1.54, 1.807) is 66.7 Å². The van der Waals surface area contributed by atoms with Crippen LogP contribution < -0.4 is 15.9 Å². The van der Waals surface area contributed by atoms with E-state index in [1.165, 1.54) is 11.1 Å². The number of hydrogen-bond donors (Lipinski definition) is 2. The van der Waals surface area contributed by atoms with Gasteiger partial charge < -0.3 is 10.2 Å². The van der Waals surface area contributed by atoms with Crippen LogP contribution in [0, 0.1) is 0 Å². The normalized spacial score (nSPS) is 14.7. The first-order chi connectivity index (χ1) is 17.0. The van der Waals surface area contributed by atoms with Crippen molar-refractivity contribution in [2.75, 3.05) is 11.6 Å². The fourth-order valence-electron chi connectivity index (χ4n) is 3.27. The Kier molecular flexibility index (Phi) is 7.67. The van der Waals surface area contributed by atoms with Crippen molar-refractivity contribution in [3.63, 3.8) is 0 Å². The number of carbonyl (C=O) groups excluding carboxylic acids is 3. The molecule has 0 atom stereocenters. The summed E-state index contributed by atoms with van der Waals surface area (Å²) < 4.78 is 0. The zero-order chi connectivity index (χ0) is 24.6. The Morgan fingerprint density at radius 1 is 0.971 bits per heavy atom.